The number of nitrogens with zero attached hydrogens (tertiary/aromatic N) is 1. The van der Waals surface area contributed by atoms with Gasteiger partial charge >= 0.3 is 0 Å². The van der Waals surface area contributed by atoms with Gasteiger partial charge in [-0.2, -0.15) is 0 Å². The Labute approximate surface area is 105 Å². The molecular weight excluding hydrogens is 208 g/mol. The lowest BCUT2D eigenvalue weighted by molar-refractivity contribution is 0.0899. The Morgan fingerprint density at radius 3 is 2.41 bits per heavy atom. The molecule has 1 heterocycles. The molecule has 2 atom stereocenters. The van der Waals surface area contributed by atoms with Crippen LogP contribution in [0.25, 0.3) is 0 Å². The molecular formula is C15H24N2. The minimum atomic E-state index is 0.243. The minimum absolute atomic E-state index is 0.243. The summed E-state index contributed by atoms with van der Waals surface area (Å²) >= 11 is 0. The van der Waals surface area contributed by atoms with Crippen molar-refractivity contribution >= 4 is 0 Å². The van der Waals surface area contributed by atoms with E-state index >= 15 is 0 Å². The summed E-state index contributed by atoms with van der Waals surface area (Å²) in [5, 5.41) is 0. The number of nitrogens with two attached hydrogens (primary N) is 1. The van der Waals surface area contributed by atoms with E-state index in [1.54, 1.807) is 0 Å². The molecule has 0 saturated carbocycles. The van der Waals surface area contributed by atoms with Gasteiger partial charge in [0.25, 0.3) is 0 Å². The van der Waals surface area contributed by atoms with Gasteiger partial charge in [0.15, 0.2) is 0 Å². The standard InChI is InChI=1S/C15H24N2/c1-15(2,3)17-10-9-14(16)13(11-17)12-7-5-4-6-8-12/h4-8,13-14H,9-11,16H2,1-3H3. The van der Waals surface area contributed by atoms with Crippen LogP contribution in [-0.4, -0.2) is 29.6 Å². The highest BCUT2D eigenvalue weighted by Crippen LogP contribution is 2.29. The number of rotatable bonds is 1. The van der Waals surface area contributed by atoms with Crippen LogP contribution in [0.4, 0.5) is 0 Å². The molecule has 2 heteroatoms. The number of benzene rings is 1. The van der Waals surface area contributed by atoms with Crippen molar-refractivity contribution in [3.05, 3.63) is 35.9 Å². The molecule has 1 aromatic carbocycles. The predicted molar refractivity (Wildman–Crippen MR) is 73.1 cm³/mol. The molecule has 2 unspecified atom stereocenters. The first kappa shape index (κ1) is 12.6. The predicted octanol–water partition coefficient (Wildman–Crippen LogP) is 2.60. The molecule has 1 aromatic rings. The fourth-order valence-corrected chi connectivity index (χ4v) is 2.63. The summed E-state index contributed by atoms with van der Waals surface area (Å²) in [6.07, 6.45) is 1.09. The van der Waals surface area contributed by atoms with E-state index < -0.39 is 0 Å². The summed E-state index contributed by atoms with van der Waals surface area (Å²) in [5.41, 5.74) is 7.92. The fourth-order valence-electron chi connectivity index (χ4n) is 2.63. The smallest absolute Gasteiger partial charge is 0.0132 e. The number of likely N-dealkylation sites (tertiary alicyclic amines) is 1. The summed E-state index contributed by atoms with van der Waals surface area (Å²) < 4.78 is 0. The average molecular weight is 232 g/mol. The van der Waals surface area contributed by atoms with Gasteiger partial charge in [-0.3, -0.25) is 4.90 Å². The van der Waals surface area contributed by atoms with Gasteiger partial charge in [-0.05, 0) is 32.8 Å². The monoisotopic (exact) mass is 232 g/mol. The molecule has 1 fully saturated rings. The summed E-state index contributed by atoms with van der Waals surface area (Å²) in [7, 11) is 0. The van der Waals surface area contributed by atoms with Gasteiger partial charge in [-0.25, -0.2) is 0 Å². The van der Waals surface area contributed by atoms with Crippen LogP contribution in [0.15, 0.2) is 30.3 Å². The van der Waals surface area contributed by atoms with Crippen LogP contribution in [0.2, 0.25) is 0 Å². The molecule has 1 aliphatic heterocycles. The Hall–Kier alpha value is -0.860. The molecule has 0 bridgehead atoms. The van der Waals surface area contributed by atoms with E-state index in [2.05, 4.69) is 56.0 Å². The third kappa shape index (κ3) is 2.88. The quantitative estimate of drug-likeness (QED) is 0.806. The maximum absolute atomic E-state index is 6.29. The van der Waals surface area contributed by atoms with E-state index in [-0.39, 0.29) is 5.54 Å². The van der Waals surface area contributed by atoms with Crippen molar-refractivity contribution in [2.75, 3.05) is 13.1 Å². The molecule has 0 aliphatic carbocycles. The maximum Gasteiger partial charge on any atom is 0.0132 e. The highest BCUT2D eigenvalue weighted by atomic mass is 15.2. The molecule has 2 N–H and O–H groups in total. The molecule has 0 radical (unpaired) electrons. The topological polar surface area (TPSA) is 29.3 Å². The van der Waals surface area contributed by atoms with Crippen LogP contribution in [0.3, 0.4) is 0 Å². The Balaban J connectivity index is 2.16. The average Bonchev–Trinajstić information content (AvgIpc) is 2.29. The normalized spacial score (nSPS) is 27.1. The van der Waals surface area contributed by atoms with Crippen LogP contribution < -0.4 is 5.73 Å². The molecule has 2 nitrogen and oxygen atoms in total. The van der Waals surface area contributed by atoms with Gasteiger partial charge in [-0.15, -0.1) is 0 Å². The number of piperidine rings is 1. The molecule has 1 aliphatic rings. The van der Waals surface area contributed by atoms with Gasteiger partial charge in [0.1, 0.15) is 0 Å². The molecule has 2 rings (SSSR count). The van der Waals surface area contributed by atoms with Crippen molar-refractivity contribution in [3.8, 4) is 0 Å². The van der Waals surface area contributed by atoms with Crippen molar-refractivity contribution < 1.29 is 0 Å². The van der Waals surface area contributed by atoms with Gasteiger partial charge in [-0.1, -0.05) is 30.3 Å². The molecule has 0 spiro atoms. The van der Waals surface area contributed by atoms with Crippen LogP contribution in [0.1, 0.15) is 38.7 Å². The zero-order valence-corrected chi connectivity index (χ0v) is 11.2. The first-order valence-corrected chi connectivity index (χ1v) is 6.54. The van der Waals surface area contributed by atoms with E-state index in [1.165, 1.54) is 5.56 Å². The lowest BCUT2D eigenvalue weighted by atomic mass is 9.84. The summed E-state index contributed by atoms with van der Waals surface area (Å²) in [5.74, 6) is 0.476. The molecule has 94 valence electrons. The second-order valence-electron chi connectivity index (χ2n) is 6.09. The van der Waals surface area contributed by atoms with Crippen LogP contribution in [0.5, 0.6) is 0 Å². The van der Waals surface area contributed by atoms with E-state index in [0.29, 0.717) is 12.0 Å². The Morgan fingerprint density at radius 1 is 1.18 bits per heavy atom. The number of hydrogen-bond acceptors (Lipinski definition) is 2. The van der Waals surface area contributed by atoms with E-state index in [1.807, 2.05) is 0 Å². The third-order valence-corrected chi connectivity index (χ3v) is 3.84. The van der Waals surface area contributed by atoms with Crippen LogP contribution in [0, 0.1) is 0 Å². The summed E-state index contributed by atoms with van der Waals surface area (Å²) in [4.78, 5) is 2.55. The Morgan fingerprint density at radius 2 is 1.82 bits per heavy atom. The van der Waals surface area contributed by atoms with E-state index in [4.69, 9.17) is 5.73 Å². The first-order chi connectivity index (χ1) is 7.98. The van der Waals surface area contributed by atoms with E-state index in [9.17, 15) is 0 Å². The Kier molecular flexibility index (Phi) is 3.55. The fraction of sp³-hybridized carbons (Fsp3) is 0.600. The van der Waals surface area contributed by atoms with E-state index in [0.717, 1.165) is 19.5 Å². The molecule has 0 aromatic heterocycles. The zero-order chi connectivity index (χ0) is 12.5. The van der Waals surface area contributed by atoms with Crippen LogP contribution >= 0.6 is 0 Å². The van der Waals surface area contributed by atoms with Gasteiger partial charge in [0.05, 0.1) is 0 Å². The maximum atomic E-state index is 6.29. The lowest BCUT2D eigenvalue weighted by Crippen LogP contribution is -2.52. The summed E-state index contributed by atoms with van der Waals surface area (Å²) in [6, 6.07) is 11.0. The minimum Gasteiger partial charge on any atom is -0.327 e. The SMILES string of the molecule is CC(C)(C)N1CCC(N)C(c2ccccc2)C1. The van der Waals surface area contributed by atoms with Crippen molar-refractivity contribution in [3.63, 3.8) is 0 Å². The van der Waals surface area contributed by atoms with Crippen molar-refractivity contribution in [1.82, 2.24) is 4.90 Å². The molecule has 17 heavy (non-hydrogen) atoms. The molecule has 1 saturated heterocycles. The Bertz CT molecular complexity index is 353. The largest absolute Gasteiger partial charge is 0.327 e. The second kappa shape index (κ2) is 4.79. The third-order valence-electron chi connectivity index (χ3n) is 3.84. The summed E-state index contributed by atoms with van der Waals surface area (Å²) in [6.45, 7) is 9.05. The van der Waals surface area contributed by atoms with Crippen molar-refractivity contribution in [2.24, 2.45) is 5.73 Å². The highest BCUT2D eigenvalue weighted by Gasteiger charge is 2.32. The molecule has 0 amide bonds. The van der Waals surface area contributed by atoms with Gasteiger partial charge in [0, 0.05) is 30.6 Å². The van der Waals surface area contributed by atoms with Gasteiger partial charge in [0.2, 0.25) is 0 Å². The van der Waals surface area contributed by atoms with Crippen molar-refractivity contribution in [1.29, 1.82) is 0 Å². The van der Waals surface area contributed by atoms with Crippen LogP contribution in [-0.2, 0) is 0 Å². The second-order valence-corrected chi connectivity index (χ2v) is 6.09. The first-order valence-electron chi connectivity index (χ1n) is 6.54. The van der Waals surface area contributed by atoms with Gasteiger partial charge < -0.3 is 5.73 Å². The lowest BCUT2D eigenvalue weighted by Gasteiger charge is -2.44. The zero-order valence-electron chi connectivity index (χ0n) is 11.2. The number of hydrogen-bond donors (Lipinski definition) is 1. The highest BCUT2D eigenvalue weighted by molar-refractivity contribution is 5.22. The van der Waals surface area contributed by atoms with Crippen molar-refractivity contribution in [2.45, 2.75) is 44.7 Å².